The quantitative estimate of drug-likeness (QED) is 0.196. The summed E-state index contributed by atoms with van der Waals surface area (Å²) in [6.07, 6.45) is 0. The summed E-state index contributed by atoms with van der Waals surface area (Å²) in [5, 5.41) is 8.09. The number of benzene rings is 8. The summed E-state index contributed by atoms with van der Waals surface area (Å²) in [5.41, 5.74) is 10.4. The lowest BCUT2D eigenvalue weighted by atomic mass is 9.95. The highest BCUT2D eigenvalue weighted by molar-refractivity contribution is 6.17. The van der Waals surface area contributed by atoms with Crippen molar-refractivity contribution in [2.45, 2.75) is 0 Å². The second-order valence-corrected chi connectivity index (χ2v) is 12.6. The summed E-state index contributed by atoms with van der Waals surface area (Å²) in [6, 6.07) is 59.8. The normalized spacial score (nSPS) is 11.7. The summed E-state index contributed by atoms with van der Waals surface area (Å²) in [5.74, 6) is 0.715. The van der Waals surface area contributed by atoms with Crippen LogP contribution in [0.4, 0.5) is 0 Å². The Balaban J connectivity index is 1.03. The van der Waals surface area contributed by atoms with Crippen LogP contribution in [0.3, 0.4) is 0 Å². The van der Waals surface area contributed by atoms with Gasteiger partial charge in [-0.3, -0.25) is 0 Å². The number of hydrogen-bond acceptors (Lipinski definition) is 3. The number of rotatable bonds is 4. The van der Waals surface area contributed by atoms with Gasteiger partial charge >= 0.3 is 0 Å². The first-order valence-electron chi connectivity index (χ1n) is 16.6. The fraction of sp³-hybridized carbons (Fsp3) is 0. The van der Waals surface area contributed by atoms with Crippen molar-refractivity contribution in [1.82, 2.24) is 9.97 Å². The van der Waals surface area contributed by atoms with Gasteiger partial charge in [-0.2, -0.15) is 0 Å². The molecule has 10 aromatic rings. The van der Waals surface area contributed by atoms with Crippen LogP contribution in [0, 0.1) is 0 Å². The Hall–Kier alpha value is -6.58. The van der Waals surface area contributed by atoms with Gasteiger partial charge in [-0.05, 0) is 62.7 Å². The molecule has 228 valence electrons. The van der Waals surface area contributed by atoms with E-state index >= 15 is 0 Å². The van der Waals surface area contributed by atoms with Crippen LogP contribution < -0.4 is 0 Å². The van der Waals surface area contributed by atoms with Crippen molar-refractivity contribution >= 4 is 54.4 Å². The summed E-state index contributed by atoms with van der Waals surface area (Å²) in [7, 11) is 0. The van der Waals surface area contributed by atoms with E-state index in [1.165, 1.54) is 32.8 Å². The van der Waals surface area contributed by atoms with Gasteiger partial charge in [-0.25, -0.2) is 9.97 Å². The van der Waals surface area contributed by atoms with Crippen LogP contribution in [-0.2, 0) is 0 Å². The Bertz CT molecular complexity index is 2870. The van der Waals surface area contributed by atoms with Crippen molar-refractivity contribution < 1.29 is 4.42 Å². The Morgan fingerprint density at radius 1 is 0.367 bits per heavy atom. The zero-order valence-corrected chi connectivity index (χ0v) is 26.5. The van der Waals surface area contributed by atoms with E-state index in [2.05, 4.69) is 152 Å². The molecular weight excluding hydrogens is 597 g/mol. The average molecular weight is 625 g/mol. The van der Waals surface area contributed by atoms with Crippen molar-refractivity contribution in [2.75, 3.05) is 0 Å². The molecule has 0 amide bonds. The first kappa shape index (κ1) is 27.5. The maximum Gasteiger partial charge on any atom is 0.160 e. The zero-order chi connectivity index (χ0) is 32.3. The molecule has 0 saturated heterocycles. The molecule has 0 radical (unpaired) electrons. The molecule has 0 bridgehead atoms. The van der Waals surface area contributed by atoms with E-state index in [9.17, 15) is 0 Å². The fourth-order valence-corrected chi connectivity index (χ4v) is 7.21. The molecule has 0 unspecified atom stereocenters. The molecule has 0 saturated carbocycles. The first-order chi connectivity index (χ1) is 24.3. The summed E-state index contributed by atoms with van der Waals surface area (Å²) < 4.78 is 6.35. The molecule has 2 heterocycles. The molecule has 2 aromatic heterocycles. The molecule has 0 aliphatic rings. The Labute approximate surface area is 282 Å². The predicted octanol–water partition coefficient (Wildman–Crippen LogP) is 12.5. The van der Waals surface area contributed by atoms with Crippen LogP contribution in [0.15, 0.2) is 174 Å². The lowest BCUT2D eigenvalue weighted by Crippen LogP contribution is -1.95. The third-order valence-corrected chi connectivity index (χ3v) is 9.70. The van der Waals surface area contributed by atoms with Crippen molar-refractivity contribution in [3.63, 3.8) is 0 Å². The molecule has 10 rings (SSSR count). The molecule has 49 heavy (non-hydrogen) atoms. The van der Waals surface area contributed by atoms with E-state index in [0.717, 1.165) is 60.6 Å². The number of furan rings is 1. The molecule has 0 aliphatic heterocycles. The van der Waals surface area contributed by atoms with Crippen molar-refractivity contribution in [3.8, 4) is 44.9 Å². The van der Waals surface area contributed by atoms with Crippen LogP contribution in [0.25, 0.3) is 99.3 Å². The van der Waals surface area contributed by atoms with Crippen LogP contribution in [0.2, 0.25) is 0 Å². The highest BCUT2D eigenvalue weighted by Crippen LogP contribution is 2.38. The van der Waals surface area contributed by atoms with Crippen LogP contribution in [0.5, 0.6) is 0 Å². The third kappa shape index (κ3) is 4.59. The number of hydrogen-bond donors (Lipinski definition) is 0. The monoisotopic (exact) mass is 624 g/mol. The fourth-order valence-electron chi connectivity index (χ4n) is 7.21. The van der Waals surface area contributed by atoms with Gasteiger partial charge in [0.1, 0.15) is 11.2 Å². The van der Waals surface area contributed by atoms with Crippen LogP contribution >= 0.6 is 0 Å². The molecule has 0 fully saturated rings. The summed E-state index contributed by atoms with van der Waals surface area (Å²) in [4.78, 5) is 10.2. The van der Waals surface area contributed by atoms with Gasteiger partial charge < -0.3 is 4.42 Å². The smallest absolute Gasteiger partial charge is 0.160 e. The Kier molecular flexibility index (Phi) is 6.18. The maximum atomic E-state index is 6.35. The van der Waals surface area contributed by atoms with Gasteiger partial charge in [0.2, 0.25) is 0 Å². The van der Waals surface area contributed by atoms with Gasteiger partial charge in [0.05, 0.1) is 11.2 Å². The standard InChI is InChI=1S/C46H28N2O/c1-2-9-34-28-35(25-18-29(34)8-1)30-16-23-33(24-17-30)46-47-42-14-5-3-11-41(42)44(48-46)32-21-19-31(20-22-32)36-12-7-13-39-37(36)26-27-40-38-10-4-6-15-43(38)49-45(39)40/h1-28H. The first-order valence-corrected chi connectivity index (χ1v) is 16.6. The van der Waals surface area contributed by atoms with E-state index in [-0.39, 0.29) is 0 Å². The molecule has 0 atom stereocenters. The van der Waals surface area contributed by atoms with E-state index in [0.29, 0.717) is 5.82 Å². The van der Waals surface area contributed by atoms with E-state index < -0.39 is 0 Å². The summed E-state index contributed by atoms with van der Waals surface area (Å²) in [6.45, 7) is 0. The highest BCUT2D eigenvalue weighted by Gasteiger charge is 2.15. The molecular formula is C46H28N2O. The van der Waals surface area contributed by atoms with Gasteiger partial charge in [0.25, 0.3) is 0 Å². The largest absolute Gasteiger partial charge is 0.455 e. The zero-order valence-electron chi connectivity index (χ0n) is 26.5. The maximum absolute atomic E-state index is 6.35. The van der Waals surface area contributed by atoms with E-state index in [1.54, 1.807) is 0 Å². The second-order valence-electron chi connectivity index (χ2n) is 12.6. The second kappa shape index (κ2) is 11.0. The highest BCUT2D eigenvalue weighted by atomic mass is 16.3. The SMILES string of the molecule is c1ccc2cc(-c3ccc(-c4nc(-c5ccc(-c6cccc7c6ccc6c8ccccc8oc76)cc5)c5ccccc5n4)cc3)ccc2c1. The van der Waals surface area contributed by atoms with Gasteiger partial charge in [0, 0.05) is 32.7 Å². The molecule has 0 N–H and O–H groups in total. The average Bonchev–Trinajstić information content (AvgIpc) is 3.57. The van der Waals surface area contributed by atoms with Crippen molar-refractivity contribution in [3.05, 3.63) is 170 Å². The minimum absolute atomic E-state index is 0.715. The molecule has 8 aromatic carbocycles. The molecule has 0 spiro atoms. The van der Waals surface area contributed by atoms with Gasteiger partial charge in [-0.15, -0.1) is 0 Å². The molecule has 3 nitrogen and oxygen atoms in total. The number of fused-ring (bicyclic) bond motifs is 7. The van der Waals surface area contributed by atoms with E-state index in [1.807, 2.05) is 18.2 Å². The number of para-hydroxylation sites is 2. The third-order valence-electron chi connectivity index (χ3n) is 9.70. The minimum Gasteiger partial charge on any atom is -0.455 e. The summed E-state index contributed by atoms with van der Waals surface area (Å²) >= 11 is 0. The predicted molar refractivity (Wildman–Crippen MR) is 204 cm³/mol. The van der Waals surface area contributed by atoms with Gasteiger partial charge in [-0.1, -0.05) is 146 Å². The topological polar surface area (TPSA) is 38.9 Å². The van der Waals surface area contributed by atoms with Gasteiger partial charge in [0.15, 0.2) is 5.82 Å². The Morgan fingerprint density at radius 3 is 1.88 bits per heavy atom. The number of aromatic nitrogens is 2. The lowest BCUT2D eigenvalue weighted by Gasteiger charge is -2.12. The van der Waals surface area contributed by atoms with Crippen LogP contribution in [0.1, 0.15) is 0 Å². The van der Waals surface area contributed by atoms with Crippen molar-refractivity contribution in [2.24, 2.45) is 0 Å². The molecule has 0 aliphatic carbocycles. The minimum atomic E-state index is 0.715. The Morgan fingerprint density at radius 2 is 1.00 bits per heavy atom. The van der Waals surface area contributed by atoms with Crippen molar-refractivity contribution in [1.29, 1.82) is 0 Å². The molecule has 3 heteroatoms. The number of nitrogens with zero attached hydrogens (tertiary/aromatic N) is 2. The van der Waals surface area contributed by atoms with Crippen LogP contribution in [-0.4, -0.2) is 9.97 Å². The lowest BCUT2D eigenvalue weighted by molar-refractivity contribution is 0.672. The van der Waals surface area contributed by atoms with E-state index in [4.69, 9.17) is 14.4 Å².